The van der Waals surface area contributed by atoms with Crippen molar-refractivity contribution < 1.29 is 9.59 Å². The molecule has 0 spiro atoms. The summed E-state index contributed by atoms with van der Waals surface area (Å²) in [5.41, 5.74) is 2.51. The van der Waals surface area contributed by atoms with Crippen LogP contribution in [0.15, 0.2) is 54.6 Å². The molecule has 0 aliphatic carbocycles. The minimum absolute atomic E-state index is 0.0174. The largest absolute Gasteiger partial charge is 0.335 e. The van der Waals surface area contributed by atoms with Crippen molar-refractivity contribution in [1.82, 2.24) is 29.7 Å². The van der Waals surface area contributed by atoms with Crippen molar-refractivity contribution in [3.05, 3.63) is 65.1 Å². The summed E-state index contributed by atoms with van der Waals surface area (Å²) in [7, 11) is 0. The SMILES string of the molecule is O=C(c1cccc(-c2cncnc2)c1)N1CC(N2CCN(C(=O)c3nccs3)CC2)C1. The molecule has 0 unspecified atom stereocenters. The predicted octanol–water partition coefficient (Wildman–Crippen LogP) is 1.88. The van der Waals surface area contributed by atoms with Gasteiger partial charge in [0.25, 0.3) is 11.8 Å². The molecule has 0 N–H and O–H groups in total. The van der Waals surface area contributed by atoms with Gasteiger partial charge in [-0.1, -0.05) is 12.1 Å². The van der Waals surface area contributed by atoms with Gasteiger partial charge in [0.1, 0.15) is 6.33 Å². The van der Waals surface area contributed by atoms with Crippen LogP contribution in [-0.2, 0) is 0 Å². The third-order valence-corrected chi connectivity index (χ3v) is 6.65. The highest BCUT2D eigenvalue weighted by molar-refractivity contribution is 7.11. The molecule has 9 heteroatoms. The molecule has 4 heterocycles. The Labute approximate surface area is 184 Å². The van der Waals surface area contributed by atoms with Gasteiger partial charge in [-0.15, -0.1) is 11.3 Å². The lowest BCUT2D eigenvalue weighted by molar-refractivity contribution is 0.00853. The number of rotatable bonds is 4. The second-order valence-electron chi connectivity index (χ2n) is 7.74. The molecule has 2 fully saturated rings. The van der Waals surface area contributed by atoms with Crippen molar-refractivity contribution in [2.24, 2.45) is 0 Å². The van der Waals surface area contributed by atoms with E-state index in [4.69, 9.17) is 0 Å². The zero-order chi connectivity index (χ0) is 21.2. The number of amides is 2. The molecule has 2 aromatic heterocycles. The van der Waals surface area contributed by atoms with Crippen LogP contribution < -0.4 is 0 Å². The Kier molecular flexibility index (Phi) is 5.44. The fraction of sp³-hybridized carbons (Fsp3) is 0.318. The van der Waals surface area contributed by atoms with Gasteiger partial charge < -0.3 is 9.80 Å². The Hall–Kier alpha value is -3.17. The summed E-state index contributed by atoms with van der Waals surface area (Å²) in [6, 6.07) is 7.96. The average Bonchev–Trinajstić information content (AvgIpc) is 3.34. The molecule has 5 rings (SSSR count). The predicted molar refractivity (Wildman–Crippen MR) is 117 cm³/mol. The summed E-state index contributed by atoms with van der Waals surface area (Å²) in [6.45, 7) is 4.49. The molecule has 2 aliphatic rings. The van der Waals surface area contributed by atoms with E-state index in [1.165, 1.54) is 17.7 Å². The smallest absolute Gasteiger partial charge is 0.282 e. The zero-order valence-corrected chi connectivity index (χ0v) is 17.7. The van der Waals surface area contributed by atoms with Gasteiger partial charge in [-0.2, -0.15) is 0 Å². The van der Waals surface area contributed by atoms with Gasteiger partial charge in [-0.05, 0) is 17.7 Å². The summed E-state index contributed by atoms with van der Waals surface area (Å²) >= 11 is 1.38. The number of piperazine rings is 1. The van der Waals surface area contributed by atoms with Crippen LogP contribution >= 0.6 is 11.3 Å². The van der Waals surface area contributed by atoms with Gasteiger partial charge in [-0.3, -0.25) is 14.5 Å². The Morgan fingerprint density at radius 2 is 1.71 bits per heavy atom. The van der Waals surface area contributed by atoms with Crippen molar-refractivity contribution in [3.63, 3.8) is 0 Å². The van der Waals surface area contributed by atoms with Gasteiger partial charge in [0.15, 0.2) is 5.01 Å². The first-order chi connectivity index (χ1) is 15.2. The molecular formula is C22H22N6O2S. The molecule has 31 heavy (non-hydrogen) atoms. The summed E-state index contributed by atoms with van der Waals surface area (Å²) in [5.74, 6) is 0.0660. The number of benzene rings is 1. The van der Waals surface area contributed by atoms with Crippen LogP contribution in [0, 0.1) is 0 Å². The highest BCUT2D eigenvalue weighted by atomic mass is 32.1. The quantitative estimate of drug-likeness (QED) is 0.624. The van der Waals surface area contributed by atoms with E-state index in [0.29, 0.717) is 29.7 Å². The minimum atomic E-state index is 0.0174. The number of thiazole rings is 1. The number of likely N-dealkylation sites (tertiary alicyclic amines) is 1. The number of aromatic nitrogens is 3. The lowest BCUT2D eigenvalue weighted by Crippen LogP contribution is -2.64. The van der Waals surface area contributed by atoms with Crippen molar-refractivity contribution in [1.29, 1.82) is 0 Å². The zero-order valence-electron chi connectivity index (χ0n) is 16.9. The highest BCUT2D eigenvalue weighted by Gasteiger charge is 2.37. The molecule has 2 aliphatic heterocycles. The van der Waals surface area contributed by atoms with Crippen LogP contribution in [0.3, 0.4) is 0 Å². The van der Waals surface area contributed by atoms with Crippen LogP contribution in [0.2, 0.25) is 0 Å². The van der Waals surface area contributed by atoms with Crippen LogP contribution in [0.5, 0.6) is 0 Å². The third kappa shape index (κ3) is 4.06. The lowest BCUT2D eigenvalue weighted by Gasteiger charge is -2.48. The standard InChI is InChI=1S/C22H22N6O2S/c29-21(17-3-1-2-16(10-17)18-11-23-15-24-12-18)28-13-19(14-28)26-5-7-27(8-6-26)22(30)20-25-4-9-31-20/h1-4,9-12,15,19H,5-8,13-14H2. The average molecular weight is 435 g/mol. The summed E-state index contributed by atoms with van der Waals surface area (Å²) in [4.78, 5) is 43.7. The monoisotopic (exact) mass is 434 g/mol. The van der Waals surface area contributed by atoms with Crippen molar-refractivity contribution in [2.75, 3.05) is 39.3 Å². The van der Waals surface area contributed by atoms with E-state index in [0.717, 1.165) is 37.3 Å². The molecule has 0 atom stereocenters. The Balaban J connectivity index is 1.15. The molecule has 2 saturated heterocycles. The fourth-order valence-corrected chi connectivity index (χ4v) is 4.67. The first kappa shape index (κ1) is 19.8. The van der Waals surface area contributed by atoms with Gasteiger partial charge in [0.05, 0.1) is 0 Å². The van der Waals surface area contributed by atoms with Crippen molar-refractivity contribution in [3.8, 4) is 11.1 Å². The van der Waals surface area contributed by atoms with Crippen molar-refractivity contribution in [2.45, 2.75) is 6.04 Å². The van der Waals surface area contributed by atoms with E-state index >= 15 is 0 Å². The summed E-state index contributed by atoms with van der Waals surface area (Å²) in [6.07, 6.45) is 6.65. The maximum absolute atomic E-state index is 12.9. The maximum atomic E-state index is 12.9. The Bertz CT molecular complexity index is 1060. The van der Waals surface area contributed by atoms with Gasteiger partial charge in [0.2, 0.25) is 0 Å². The molecule has 3 aromatic rings. The second kappa shape index (κ2) is 8.52. The fourth-order valence-electron chi connectivity index (χ4n) is 4.07. The topological polar surface area (TPSA) is 82.5 Å². The number of hydrogen-bond donors (Lipinski definition) is 0. The van der Waals surface area contributed by atoms with Gasteiger partial charge in [0, 0.05) is 80.4 Å². The van der Waals surface area contributed by atoms with Crippen LogP contribution in [0.4, 0.5) is 0 Å². The van der Waals surface area contributed by atoms with E-state index in [9.17, 15) is 9.59 Å². The van der Waals surface area contributed by atoms with Crippen LogP contribution in [0.25, 0.3) is 11.1 Å². The van der Waals surface area contributed by atoms with Gasteiger partial charge in [-0.25, -0.2) is 15.0 Å². The van der Waals surface area contributed by atoms with E-state index < -0.39 is 0 Å². The van der Waals surface area contributed by atoms with Crippen LogP contribution in [-0.4, -0.2) is 86.8 Å². The maximum Gasteiger partial charge on any atom is 0.282 e. The summed E-state index contributed by atoms with van der Waals surface area (Å²) < 4.78 is 0. The van der Waals surface area contributed by atoms with E-state index in [-0.39, 0.29) is 11.8 Å². The second-order valence-corrected chi connectivity index (χ2v) is 8.63. The first-order valence-corrected chi connectivity index (χ1v) is 11.1. The first-order valence-electron chi connectivity index (χ1n) is 10.3. The number of carbonyl (C=O) groups excluding carboxylic acids is 2. The molecule has 0 saturated carbocycles. The number of hydrogen-bond acceptors (Lipinski definition) is 7. The molecule has 8 nitrogen and oxygen atoms in total. The Morgan fingerprint density at radius 3 is 2.42 bits per heavy atom. The van der Waals surface area contributed by atoms with E-state index in [1.54, 1.807) is 18.6 Å². The molecule has 1 aromatic carbocycles. The number of nitrogens with zero attached hydrogens (tertiary/aromatic N) is 6. The lowest BCUT2D eigenvalue weighted by atomic mass is 10.0. The molecule has 158 valence electrons. The van der Waals surface area contributed by atoms with Crippen molar-refractivity contribution >= 4 is 23.2 Å². The van der Waals surface area contributed by atoms with E-state index in [2.05, 4.69) is 19.9 Å². The van der Waals surface area contributed by atoms with Gasteiger partial charge >= 0.3 is 0 Å². The Morgan fingerprint density at radius 1 is 0.935 bits per heavy atom. The normalized spacial score (nSPS) is 17.4. The minimum Gasteiger partial charge on any atom is -0.335 e. The molecule has 2 amide bonds. The third-order valence-electron chi connectivity index (χ3n) is 5.89. The molecular weight excluding hydrogens is 412 g/mol. The van der Waals surface area contributed by atoms with Crippen LogP contribution in [0.1, 0.15) is 20.2 Å². The van der Waals surface area contributed by atoms with E-state index in [1.807, 2.05) is 39.4 Å². The molecule has 0 bridgehead atoms. The summed E-state index contributed by atoms with van der Waals surface area (Å²) in [5, 5.41) is 2.38. The number of carbonyl (C=O) groups is 2. The molecule has 0 radical (unpaired) electrons. The highest BCUT2D eigenvalue weighted by Crippen LogP contribution is 2.23.